The van der Waals surface area contributed by atoms with Gasteiger partial charge in [-0.2, -0.15) is 0 Å². The average molecular weight is 292 g/mol. The van der Waals surface area contributed by atoms with Crippen molar-refractivity contribution in [2.45, 2.75) is 39.2 Å². The van der Waals surface area contributed by atoms with E-state index in [0.29, 0.717) is 0 Å². The minimum absolute atomic E-state index is 0.00911. The Labute approximate surface area is 128 Å². The molecule has 0 aliphatic rings. The largest absolute Gasteiger partial charge is 0.481 e. The zero-order chi connectivity index (χ0) is 15.8. The Morgan fingerprint density at radius 1 is 1.33 bits per heavy atom. The molecule has 0 heterocycles. The number of nitrogens with one attached hydrogen (secondary N) is 1. The predicted molar refractivity (Wildman–Crippen MR) is 86.8 cm³/mol. The number of carbonyl (C=O) groups is 1. The summed E-state index contributed by atoms with van der Waals surface area (Å²) in [4.78, 5) is 13.2. The van der Waals surface area contributed by atoms with Gasteiger partial charge in [0.1, 0.15) is 0 Å². The molecule has 0 aromatic heterocycles. The van der Waals surface area contributed by atoms with Crippen LogP contribution in [-0.4, -0.2) is 49.2 Å². The fourth-order valence-electron chi connectivity index (χ4n) is 2.41. The van der Waals surface area contributed by atoms with E-state index < -0.39 is 5.97 Å². The Bertz CT molecular complexity index is 458. The first-order chi connectivity index (χ1) is 9.88. The number of hydrogen-bond donors (Lipinski definition) is 2. The molecule has 0 spiro atoms. The minimum Gasteiger partial charge on any atom is -0.481 e. The van der Waals surface area contributed by atoms with Crippen LogP contribution in [-0.2, 0) is 11.2 Å². The lowest BCUT2D eigenvalue weighted by atomic mass is 9.97. The Balaban J connectivity index is 2.60. The molecule has 0 saturated carbocycles. The molecule has 118 valence electrons. The summed E-state index contributed by atoms with van der Waals surface area (Å²) in [6.45, 7) is 6.01. The molecule has 0 fully saturated rings. The Morgan fingerprint density at radius 3 is 2.67 bits per heavy atom. The first-order valence-electron chi connectivity index (χ1n) is 7.54. The van der Waals surface area contributed by atoms with Crippen LogP contribution in [0.25, 0.3) is 0 Å². The third-order valence-corrected chi connectivity index (χ3v) is 3.61. The van der Waals surface area contributed by atoms with Gasteiger partial charge in [-0.1, -0.05) is 23.8 Å². The van der Waals surface area contributed by atoms with Gasteiger partial charge in [-0.25, -0.2) is 0 Å². The maximum absolute atomic E-state index is 11.0. The first kappa shape index (κ1) is 17.7. The van der Waals surface area contributed by atoms with Crippen LogP contribution in [0.15, 0.2) is 18.2 Å². The Kier molecular flexibility index (Phi) is 7.40. The summed E-state index contributed by atoms with van der Waals surface area (Å²) in [5.74, 6) is -0.745. The second-order valence-electron chi connectivity index (χ2n) is 6.04. The van der Waals surface area contributed by atoms with Gasteiger partial charge in [0.05, 0.1) is 6.42 Å². The third-order valence-electron chi connectivity index (χ3n) is 3.61. The second-order valence-corrected chi connectivity index (χ2v) is 6.04. The average Bonchev–Trinajstić information content (AvgIpc) is 2.38. The molecule has 21 heavy (non-hydrogen) atoms. The molecule has 2 N–H and O–H groups in total. The zero-order valence-corrected chi connectivity index (χ0v) is 13.6. The van der Waals surface area contributed by atoms with E-state index in [-0.39, 0.29) is 12.5 Å². The fraction of sp³-hybridized carbons (Fsp3) is 0.588. The number of hydrogen-bond acceptors (Lipinski definition) is 3. The van der Waals surface area contributed by atoms with E-state index in [1.807, 2.05) is 14.1 Å². The molecular formula is C17H28N2O2. The molecule has 4 nitrogen and oxygen atoms in total. The maximum Gasteiger partial charge on any atom is 0.304 e. The van der Waals surface area contributed by atoms with Crippen molar-refractivity contribution in [2.75, 3.05) is 27.2 Å². The van der Waals surface area contributed by atoms with E-state index in [4.69, 9.17) is 5.11 Å². The molecule has 1 aromatic rings. The van der Waals surface area contributed by atoms with Gasteiger partial charge >= 0.3 is 5.97 Å². The second kappa shape index (κ2) is 8.80. The van der Waals surface area contributed by atoms with Gasteiger partial charge in [-0.05, 0) is 65.0 Å². The molecule has 1 atom stereocenters. The third kappa shape index (κ3) is 7.25. The van der Waals surface area contributed by atoms with Gasteiger partial charge in [0.25, 0.3) is 0 Å². The van der Waals surface area contributed by atoms with E-state index in [1.54, 1.807) is 0 Å². The number of carboxylic acids is 1. The lowest BCUT2D eigenvalue weighted by Crippen LogP contribution is -2.35. The van der Waals surface area contributed by atoms with Crippen LogP contribution in [0, 0.1) is 13.8 Å². The molecule has 0 aliphatic heterocycles. The molecule has 0 bridgehead atoms. The number of aryl methyl sites for hydroxylation is 2. The zero-order valence-electron chi connectivity index (χ0n) is 13.6. The van der Waals surface area contributed by atoms with E-state index >= 15 is 0 Å². The van der Waals surface area contributed by atoms with Crippen molar-refractivity contribution in [1.82, 2.24) is 10.2 Å². The van der Waals surface area contributed by atoms with Crippen LogP contribution in [0.1, 0.15) is 29.5 Å². The summed E-state index contributed by atoms with van der Waals surface area (Å²) in [6, 6.07) is 6.35. The number of nitrogens with zero attached hydrogens (tertiary/aromatic N) is 1. The smallest absolute Gasteiger partial charge is 0.304 e. The van der Waals surface area contributed by atoms with Gasteiger partial charge in [0, 0.05) is 6.04 Å². The molecule has 0 amide bonds. The standard InChI is InChI=1S/C17H28N2O2/c1-13-6-7-14(2)15(10-13)11-16(12-17(20)21)18-8-5-9-19(3)4/h6-7,10,16,18H,5,8-9,11-12H2,1-4H3,(H,20,21). The van der Waals surface area contributed by atoms with Gasteiger partial charge in [-0.15, -0.1) is 0 Å². The van der Waals surface area contributed by atoms with Crippen LogP contribution in [0.4, 0.5) is 0 Å². The van der Waals surface area contributed by atoms with Crippen molar-refractivity contribution in [3.05, 3.63) is 34.9 Å². The molecule has 0 radical (unpaired) electrons. The quantitative estimate of drug-likeness (QED) is 0.685. The summed E-state index contributed by atoms with van der Waals surface area (Å²) >= 11 is 0. The van der Waals surface area contributed by atoms with Crippen molar-refractivity contribution >= 4 is 5.97 Å². The van der Waals surface area contributed by atoms with Gasteiger partial charge in [-0.3, -0.25) is 4.79 Å². The predicted octanol–water partition coefficient (Wildman–Crippen LogP) is 2.23. The normalized spacial score (nSPS) is 12.6. The Hall–Kier alpha value is -1.39. The summed E-state index contributed by atoms with van der Waals surface area (Å²) in [7, 11) is 4.09. The maximum atomic E-state index is 11.0. The summed E-state index contributed by atoms with van der Waals surface area (Å²) in [5, 5.41) is 12.5. The fourth-order valence-corrected chi connectivity index (χ4v) is 2.41. The van der Waals surface area contributed by atoms with Gasteiger partial charge < -0.3 is 15.3 Å². The molecular weight excluding hydrogens is 264 g/mol. The number of rotatable bonds is 9. The van der Waals surface area contributed by atoms with Crippen molar-refractivity contribution in [3.63, 3.8) is 0 Å². The summed E-state index contributed by atoms with van der Waals surface area (Å²) in [5.41, 5.74) is 3.68. The molecule has 0 saturated heterocycles. The monoisotopic (exact) mass is 292 g/mol. The van der Waals surface area contributed by atoms with Crippen molar-refractivity contribution < 1.29 is 9.90 Å². The molecule has 1 aromatic carbocycles. The summed E-state index contributed by atoms with van der Waals surface area (Å²) in [6.07, 6.45) is 1.95. The topological polar surface area (TPSA) is 52.6 Å². The highest BCUT2D eigenvalue weighted by atomic mass is 16.4. The van der Waals surface area contributed by atoms with Crippen molar-refractivity contribution in [2.24, 2.45) is 0 Å². The number of aliphatic carboxylic acids is 1. The van der Waals surface area contributed by atoms with Gasteiger partial charge in [0.2, 0.25) is 0 Å². The highest BCUT2D eigenvalue weighted by molar-refractivity contribution is 5.67. The minimum atomic E-state index is -0.745. The summed E-state index contributed by atoms with van der Waals surface area (Å²) < 4.78 is 0. The van der Waals surface area contributed by atoms with Crippen LogP contribution >= 0.6 is 0 Å². The van der Waals surface area contributed by atoms with Crippen LogP contribution < -0.4 is 5.32 Å². The lowest BCUT2D eigenvalue weighted by molar-refractivity contribution is -0.137. The van der Waals surface area contributed by atoms with Crippen LogP contribution in [0.3, 0.4) is 0 Å². The molecule has 0 aliphatic carbocycles. The van der Waals surface area contributed by atoms with E-state index in [9.17, 15) is 4.79 Å². The highest BCUT2D eigenvalue weighted by Gasteiger charge is 2.14. The van der Waals surface area contributed by atoms with Crippen molar-refractivity contribution in [1.29, 1.82) is 0 Å². The Morgan fingerprint density at radius 2 is 2.05 bits per heavy atom. The molecule has 1 unspecified atom stereocenters. The number of benzene rings is 1. The van der Waals surface area contributed by atoms with Gasteiger partial charge in [0.15, 0.2) is 0 Å². The lowest BCUT2D eigenvalue weighted by Gasteiger charge is -2.19. The van der Waals surface area contributed by atoms with E-state index in [0.717, 1.165) is 25.9 Å². The van der Waals surface area contributed by atoms with E-state index in [1.165, 1.54) is 16.7 Å². The highest BCUT2D eigenvalue weighted by Crippen LogP contribution is 2.14. The first-order valence-corrected chi connectivity index (χ1v) is 7.54. The van der Waals surface area contributed by atoms with Crippen LogP contribution in [0.5, 0.6) is 0 Å². The number of carboxylic acid groups (broad SMARTS) is 1. The SMILES string of the molecule is Cc1ccc(C)c(CC(CC(=O)O)NCCCN(C)C)c1. The molecule has 4 heteroatoms. The van der Waals surface area contributed by atoms with Crippen molar-refractivity contribution in [3.8, 4) is 0 Å². The molecule has 1 rings (SSSR count). The van der Waals surface area contributed by atoms with E-state index in [2.05, 4.69) is 42.3 Å². The van der Waals surface area contributed by atoms with Crippen LogP contribution in [0.2, 0.25) is 0 Å².